The molecule has 0 radical (unpaired) electrons. The van der Waals surface area contributed by atoms with E-state index < -0.39 is 46.2 Å². The molecule has 0 aliphatic carbocycles. The highest BCUT2D eigenvalue weighted by Gasteiger charge is 2.59. The number of nitrogens with zero attached hydrogens (tertiary/aromatic N) is 3. The molecule has 0 bridgehead atoms. The molecule has 11 heteroatoms. The van der Waals surface area contributed by atoms with Crippen molar-refractivity contribution in [3.8, 4) is 0 Å². The highest BCUT2D eigenvalue weighted by atomic mass is 19.1. The zero-order chi connectivity index (χ0) is 23.8. The minimum absolute atomic E-state index is 0.000579. The number of hydrogen-bond donors (Lipinski definition) is 3. The summed E-state index contributed by atoms with van der Waals surface area (Å²) in [5.41, 5.74) is -0.112. The largest absolute Gasteiger partial charge is 0.574 e. The van der Waals surface area contributed by atoms with Crippen LogP contribution in [0.4, 0.5) is 25.1 Å². The number of pyridine rings is 1. The number of carbonyl (C=O) groups is 2. The van der Waals surface area contributed by atoms with Crippen LogP contribution in [0.2, 0.25) is 0 Å². The first-order valence-corrected chi connectivity index (χ1v) is 10.7. The fraction of sp³-hybridized carbons (Fsp3) is 0.409. The molecule has 3 unspecified atom stereocenters. The van der Waals surface area contributed by atoms with Crippen LogP contribution in [-0.4, -0.2) is 57.4 Å². The van der Waals surface area contributed by atoms with Gasteiger partial charge in [0.05, 0.1) is 0 Å². The van der Waals surface area contributed by atoms with Crippen LogP contribution < -0.4 is 10.3 Å². The molecule has 176 valence electrons. The molecule has 0 saturated carbocycles. The minimum Gasteiger partial charge on any atom is -0.431 e. The highest BCUT2D eigenvalue weighted by molar-refractivity contribution is 5.98. The summed E-state index contributed by atoms with van der Waals surface area (Å²) in [6.07, 6.45) is 0.903. The van der Waals surface area contributed by atoms with E-state index in [0.717, 1.165) is 23.2 Å². The van der Waals surface area contributed by atoms with Gasteiger partial charge in [-0.1, -0.05) is 12.1 Å². The highest BCUT2D eigenvalue weighted by Crippen LogP contribution is 2.39. The third-order valence-electron chi connectivity index (χ3n) is 6.43. The van der Waals surface area contributed by atoms with Crippen LogP contribution in [0, 0.1) is 17.6 Å². The smallest absolute Gasteiger partial charge is 0.431 e. The molecule has 9 nitrogen and oxygen atoms in total. The van der Waals surface area contributed by atoms with Crippen molar-refractivity contribution in [2.75, 3.05) is 23.5 Å². The SMILES string of the molecule is CC(C1CCOCC1)[N+](O)(C(=O)O)N1c2ncccc2CC1C(=O)Nc1c(F)cccc1F. The fourth-order valence-corrected chi connectivity index (χ4v) is 4.58. The normalized spacial score (nSPS) is 21.2. The number of nitrogens with one attached hydrogen (secondary N) is 1. The third kappa shape index (κ3) is 4.03. The first-order chi connectivity index (χ1) is 15.7. The lowest BCUT2D eigenvalue weighted by molar-refractivity contribution is -1.07. The zero-order valence-corrected chi connectivity index (χ0v) is 17.9. The predicted molar refractivity (Wildman–Crippen MR) is 112 cm³/mol. The fourth-order valence-electron chi connectivity index (χ4n) is 4.58. The number of hydrogen-bond acceptors (Lipinski definition) is 6. The Balaban J connectivity index is 1.74. The second kappa shape index (κ2) is 9.00. The molecule has 33 heavy (non-hydrogen) atoms. The molecule has 1 saturated heterocycles. The Kier molecular flexibility index (Phi) is 6.28. The molecule has 2 aromatic rings. The summed E-state index contributed by atoms with van der Waals surface area (Å²) >= 11 is 0. The summed E-state index contributed by atoms with van der Waals surface area (Å²) in [5, 5.41) is 25.0. The zero-order valence-electron chi connectivity index (χ0n) is 17.9. The number of fused-ring (bicyclic) bond motifs is 1. The van der Waals surface area contributed by atoms with Gasteiger partial charge in [-0.2, -0.15) is 10.0 Å². The molecular formula is C22H25F2N4O5+. The number of carbonyl (C=O) groups excluding carboxylic acids is 1. The number of anilines is 2. The molecule has 2 amide bonds. The van der Waals surface area contributed by atoms with E-state index in [1.807, 2.05) is 0 Å². The first-order valence-electron chi connectivity index (χ1n) is 10.7. The second-order valence-corrected chi connectivity index (χ2v) is 8.26. The summed E-state index contributed by atoms with van der Waals surface area (Å²) in [6.45, 7) is 2.45. The van der Waals surface area contributed by atoms with Crippen molar-refractivity contribution in [3.05, 3.63) is 53.7 Å². The average molecular weight is 463 g/mol. The van der Waals surface area contributed by atoms with E-state index in [2.05, 4.69) is 10.3 Å². The summed E-state index contributed by atoms with van der Waals surface area (Å²) < 4.78 is 32.0. The number of para-hydroxylation sites is 1. The molecular weight excluding hydrogens is 438 g/mol. The third-order valence-corrected chi connectivity index (χ3v) is 6.43. The summed E-state index contributed by atoms with van der Waals surface area (Å²) in [6, 6.07) is 4.31. The lowest BCUT2D eigenvalue weighted by Gasteiger charge is -2.42. The van der Waals surface area contributed by atoms with Gasteiger partial charge < -0.3 is 15.2 Å². The van der Waals surface area contributed by atoms with Crippen LogP contribution >= 0.6 is 0 Å². The maximum Gasteiger partial charge on any atom is 0.574 e. The number of hydroxylamine groups is 2. The van der Waals surface area contributed by atoms with E-state index in [9.17, 15) is 28.7 Å². The van der Waals surface area contributed by atoms with Gasteiger partial charge in [-0.05, 0) is 38.0 Å². The van der Waals surface area contributed by atoms with Crippen LogP contribution in [0.1, 0.15) is 25.3 Å². The molecule has 1 fully saturated rings. The van der Waals surface area contributed by atoms with Crippen molar-refractivity contribution in [1.29, 1.82) is 0 Å². The van der Waals surface area contributed by atoms with E-state index in [1.54, 1.807) is 19.1 Å². The Hall–Kier alpha value is -3.15. The van der Waals surface area contributed by atoms with E-state index in [4.69, 9.17) is 4.74 Å². The Bertz CT molecular complexity index is 1040. The van der Waals surface area contributed by atoms with Gasteiger partial charge >= 0.3 is 6.09 Å². The molecule has 1 aromatic carbocycles. The maximum absolute atomic E-state index is 14.2. The average Bonchev–Trinajstić information content (AvgIpc) is 3.21. The number of carboxylic acid groups (broad SMARTS) is 1. The first kappa shape index (κ1) is 23.0. The van der Waals surface area contributed by atoms with Gasteiger partial charge in [-0.25, -0.2) is 13.8 Å². The van der Waals surface area contributed by atoms with Crippen molar-refractivity contribution in [2.24, 2.45) is 5.92 Å². The Morgan fingerprint density at radius 1 is 1.21 bits per heavy atom. The van der Waals surface area contributed by atoms with Gasteiger partial charge in [0.15, 0.2) is 17.9 Å². The number of halogens is 2. The van der Waals surface area contributed by atoms with Crippen LogP contribution in [0.5, 0.6) is 0 Å². The topological polar surface area (TPSA) is 112 Å². The van der Waals surface area contributed by atoms with Crippen LogP contribution in [-0.2, 0) is 16.0 Å². The maximum atomic E-state index is 14.2. The minimum atomic E-state index is -1.62. The van der Waals surface area contributed by atoms with E-state index in [-0.39, 0.29) is 18.2 Å². The number of rotatable bonds is 5. The molecule has 1 aromatic heterocycles. The summed E-state index contributed by atoms with van der Waals surface area (Å²) in [4.78, 5) is 30.0. The van der Waals surface area contributed by atoms with Crippen LogP contribution in [0.15, 0.2) is 36.5 Å². The van der Waals surface area contributed by atoms with Gasteiger partial charge in [0.1, 0.15) is 17.3 Å². The van der Waals surface area contributed by atoms with Gasteiger partial charge in [0, 0.05) is 42.1 Å². The Labute approximate surface area is 188 Å². The number of amides is 2. The van der Waals surface area contributed by atoms with Crippen molar-refractivity contribution in [2.45, 2.75) is 38.3 Å². The Morgan fingerprint density at radius 3 is 2.52 bits per heavy atom. The Morgan fingerprint density at radius 2 is 1.88 bits per heavy atom. The molecule has 3 atom stereocenters. The molecule has 0 spiro atoms. The second-order valence-electron chi connectivity index (χ2n) is 8.26. The van der Waals surface area contributed by atoms with E-state index in [0.29, 0.717) is 31.6 Å². The van der Waals surface area contributed by atoms with Crippen LogP contribution in [0.25, 0.3) is 0 Å². The van der Waals surface area contributed by atoms with Gasteiger partial charge in [-0.3, -0.25) is 4.79 Å². The van der Waals surface area contributed by atoms with Crippen molar-refractivity contribution in [3.63, 3.8) is 0 Å². The molecule has 2 aliphatic heterocycles. The molecule has 3 heterocycles. The molecule has 2 aliphatic rings. The number of ether oxygens (including phenoxy) is 1. The van der Waals surface area contributed by atoms with Crippen LogP contribution in [0.3, 0.4) is 0 Å². The van der Waals surface area contributed by atoms with Gasteiger partial charge in [-0.15, -0.1) is 5.01 Å². The van der Waals surface area contributed by atoms with Gasteiger partial charge in [0.2, 0.25) is 0 Å². The number of benzene rings is 1. The van der Waals surface area contributed by atoms with E-state index in [1.165, 1.54) is 6.20 Å². The lowest BCUT2D eigenvalue weighted by Crippen LogP contribution is -2.71. The van der Waals surface area contributed by atoms with Crippen molar-refractivity contribution < 1.29 is 38.2 Å². The summed E-state index contributed by atoms with van der Waals surface area (Å²) in [5.74, 6) is -2.89. The quantitative estimate of drug-likeness (QED) is 0.354. The summed E-state index contributed by atoms with van der Waals surface area (Å²) in [7, 11) is 0. The predicted octanol–water partition coefficient (Wildman–Crippen LogP) is 3.34. The van der Waals surface area contributed by atoms with Gasteiger partial charge in [0.25, 0.3) is 5.91 Å². The lowest BCUT2D eigenvalue weighted by atomic mass is 9.92. The molecule has 4 rings (SSSR count). The number of aromatic nitrogens is 1. The monoisotopic (exact) mass is 463 g/mol. The van der Waals surface area contributed by atoms with Crippen molar-refractivity contribution >= 4 is 23.5 Å². The number of quaternary nitrogens is 1. The standard InChI is InChI=1S/C22H24F2N4O5/c1-13(14-7-10-33-11-8-14)28(32,22(30)31)27-18(12-15-4-3-9-25-20(15)27)21(29)26-19-16(23)5-2-6-17(19)24/h2-6,9,13-14,18,32H,7-8,10-12H2,1H3,(H-,26,29,30,31)/p+1. The molecule has 3 N–H and O–H groups in total. The van der Waals surface area contributed by atoms with E-state index >= 15 is 0 Å². The van der Waals surface area contributed by atoms with Crippen molar-refractivity contribution in [1.82, 2.24) is 4.98 Å².